The highest BCUT2D eigenvalue weighted by molar-refractivity contribution is 5.85. The average Bonchev–Trinajstić information content (AvgIpc) is 2.45. The molecule has 0 N–H and O–H groups in total. The fourth-order valence-corrected chi connectivity index (χ4v) is 3.38. The van der Waals surface area contributed by atoms with E-state index in [1.54, 1.807) is 0 Å². The van der Waals surface area contributed by atoms with Gasteiger partial charge in [-0.05, 0) is 49.9 Å². The summed E-state index contributed by atoms with van der Waals surface area (Å²) < 4.78 is 6.37. The highest BCUT2D eigenvalue weighted by Gasteiger charge is 2.33. The van der Waals surface area contributed by atoms with Crippen LogP contribution in [0.3, 0.4) is 0 Å². The van der Waals surface area contributed by atoms with Gasteiger partial charge < -0.3 is 4.74 Å². The van der Waals surface area contributed by atoms with E-state index in [1.165, 1.54) is 33.4 Å². The van der Waals surface area contributed by atoms with Gasteiger partial charge in [-0.2, -0.15) is 0 Å². The highest BCUT2D eigenvalue weighted by Crippen LogP contribution is 2.47. The molecule has 0 fully saturated rings. The van der Waals surface area contributed by atoms with E-state index in [0.717, 1.165) is 18.6 Å². The van der Waals surface area contributed by atoms with Crippen molar-refractivity contribution in [3.05, 3.63) is 59.2 Å². The topological polar surface area (TPSA) is 9.23 Å². The van der Waals surface area contributed by atoms with Crippen LogP contribution in [0.5, 0.6) is 5.75 Å². The van der Waals surface area contributed by atoms with E-state index in [-0.39, 0.29) is 5.60 Å². The molecule has 0 atom stereocenters. The molecule has 0 amide bonds. The Morgan fingerprint density at radius 3 is 2.64 bits per heavy atom. The quantitative estimate of drug-likeness (QED) is 0.686. The van der Waals surface area contributed by atoms with Crippen molar-refractivity contribution < 1.29 is 4.74 Å². The van der Waals surface area contributed by atoms with Crippen LogP contribution in [0.1, 0.15) is 49.4 Å². The molecule has 22 heavy (non-hydrogen) atoms. The van der Waals surface area contributed by atoms with Gasteiger partial charge in [-0.1, -0.05) is 55.8 Å². The van der Waals surface area contributed by atoms with Gasteiger partial charge in [0.2, 0.25) is 0 Å². The molecule has 0 aliphatic carbocycles. The molecule has 0 bridgehead atoms. The van der Waals surface area contributed by atoms with Gasteiger partial charge in [-0.25, -0.2) is 0 Å². The first kappa shape index (κ1) is 14.9. The molecule has 0 radical (unpaired) electrons. The number of ether oxygens (including phenoxy) is 1. The lowest BCUT2D eigenvalue weighted by atomic mass is 9.83. The number of hydrogen-bond acceptors (Lipinski definition) is 1. The first-order valence-corrected chi connectivity index (χ1v) is 8.06. The fourth-order valence-electron chi connectivity index (χ4n) is 3.38. The molecule has 0 aromatic heterocycles. The van der Waals surface area contributed by atoms with Crippen LogP contribution in [0, 0.1) is 6.92 Å². The predicted octanol–water partition coefficient (Wildman–Crippen LogP) is 5.89. The molecular weight excluding hydrogens is 268 g/mol. The summed E-state index contributed by atoms with van der Waals surface area (Å²) in [6.07, 6.45) is 4.15. The summed E-state index contributed by atoms with van der Waals surface area (Å²) in [5.41, 5.74) is 7.18. The minimum atomic E-state index is -0.306. The van der Waals surface area contributed by atoms with Crippen molar-refractivity contribution in [3.8, 4) is 16.9 Å². The van der Waals surface area contributed by atoms with Crippen LogP contribution in [0.15, 0.2) is 36.9 Å². The molecule has 0 saturated carbocycles. The van der Waals surface area contributed by atoms with Crippen LogP contribution in [0.2, 0.25) is 0 Å². The molecule has 0 spiro atoms. The van der Waals surface area contributed by atoms with Gasteiger partial charge >= 0.3 is 0 Å². The summed E-state index contributed by atoms with van der Waals surface area (Å²) in [6, 6.07) is 11.1. The van der Waals surface area contributed by atoms with E-state index in [0.29, 0.717) is 0 Å². The van der Waals surface area contributed by atoms with Crippen LogP contribution >= 0.6 is 0 Å². The Morgan fingerprint density at radius 1 is 1.18 bits per heavy atom. The fraction of sp³-hybridized carbons (Fsp3) is 0.333. The minimum Gasteiger partial charge on any atom is -0.482 e. The van der Waals surface area contributed by atoms with Crippen LogP contribution in [0.25, 0.3) is 17.2 Å². The Morgan fingerprint density at radius 2 is 1.95 bits per heavy atom. The normalized spacial score (nSPS) is 14.7. The summed E-state index contributed by atoms with van der Waals surface area (Å²) in [7, 11) is 0. The number of fused-ring (bicyclic) bond motifs is 3. The second-order valence-corrected chi connectivity index (χ2v) is 6.67. The first-order valence-electron chi connectivity index (χ1n) is 8.06. The van der Waals surface area contributed by atoms with Crippen molar-refractivity contribution >= 4 is 6.08 Å². The van der Waals surface area contributed by atoms with E-state index >= 15 is 0 Å². The number of benzene rings is 2. The van der Waals surface area contributed by atoms with Gasteiger partial charge in [0.25, 0.3) is 0 Å². The maximum atomic E-state index is 6.37. The predicted molar refractivity (Wildman–Crippen MR) is 94.4 cm³/mol. The molecule has 1 heterocycles. The molecule has 1 aliphatic heterocycles. The molecule has 2 aromatic rings. The Labute approximate surface area is 133 Å². The van der Waals surface area contributed by atoms with Gasteiger partial charge in [0, 0.05) is 11.1 Å². The second-order valence-electron chi connectivity index (χ2n) is 6.67. The van der Waals surface area contributed by atoms with E-state index in [9.17, 15) is 0 Å². The minimum absolute atomic E-state index is 0.306. The van der Waals surface area contributed by atoms with Crippen LogP contribution < -0.4 is 4.74 Å². The summed E-state index contributed by atoms with van der Waals surface area (Å²) in [5, 5.41) is 0. The zero-order valence-corrected chi connectivity index (χ0v) is 14.0. The maximum Gasteiger partial charge on any atom is 0.129 e. The van der Waals surface area contributed by atoms with Crippen molar-refractivity contribution in [1.82, 2.24) is 0 Å². The lowest BCUT2D eigenvalue weighted by molar-refractivity contribution is 0.105. The zero-order chi connectivity index (χ0) is 15.9. The van der Waals surface area contributed by atoms with Crippen LogP contribution in [0.4, 0.5) is 0 Å². The summed E-state index contributed by atoms with van der Waals surface area (Å²) in [4.78, 5) is 0. The molecule has 3 rings (SSSR count). The third-order valence-corrected chi connectivity index (χ3v) is 4.41. The molecule has 0 unspecified atom stereocenters. The lowest BCUT2D eigenvalue weighted by Crippen LogP contribution is -2.29. The first-order chi connectivity index (χ1) is 10.5. The highest BCUT2D eigenvalue weighted by atomic mass is 16.5. The van der Waals surface area contributed by atoms with Crippen molar-refractivity contribution in [3.63, 3.8) is 0 Å². The van der Waals surface area contributed by atoms with Crippen molar-refractivity contribution in [2.75, 3.05) is 0 Å². The second kappa shape index (κ2) is 5.31. The third-order valence-electron chi connectivity index (χ3n) is 4.41. The summed E-state index contributed by atoms with van der Waals surface area (Å²) >= 11 is 0. The monoisotopic (exact) mass is 292 g/mol. The Hall–Kier alpha value is -2.02. The standard InChI is InChI=1S/C21H24O/c1-6-8-15-12-16(7-2)20-17-11-14(3)9-10-18(17)21(4,5)22-19(20)13-15/h7,9-13H,2,6,8H2,1,3-5H3. The lowest BCUT2D eigenvalue weighted by Gasteiger charge is -2.36. The zero-order valence-electron chi connectivity index (χ0n) is 14.0. The van der Waals surface area contributed by atoms with E-state index in [1.807, 2.05) is 6.08 Å². The third kappa shape index (κ3) is 2.35. The molecule has 1 heteroatoms. The van der Waals surface area contributed by atoms with Gasteiger partial charge in [-0.3, -0.25) is 0 Å². The molecule has 0 saturated heterocycles. The maximum absolute atomic E-state index is 6.37. The molecule has 1 aliphatic rings. The Bertz CT molecular complexity index is 738. The molecule has 114 valence electrons. The number of hydrogen-bond donors (Lipinski definition) is 0. The van der Waals surface area contributed by atoms with Crippen molar-refractivity contribution in [2.24, 2.45) is 0 Å². The number of aryl methyl sites for hydroxylation is 2. The molecule has 2 aromatic carbocycles. The van der Waals surface area contributed by atoms with E-state index < -0.39 is 0 Å². The van der Waals surface area contributed by atoms with Gasteiger partial charge in [0.1, 0.15) is 11.4 Å². The van der Waals surface area contributed by atoms with Crippen molar-refractivity contribution in [2.45, 2.75) is 46.1 Å². The smallest absolute Gasteiger partial charge is 0.129 e. The van der Waals surface area contributed by atoms with Crippen LogP contribution in [-0.4, -0.2) is 0 Å². The van der Waals surface area contributed by atoms with E-state index in [2.05, 4.69) is 64.6 Å². The summed E-state index contributed by atoms with van der Waals surface area (Å²) in [6.45, 7) is 12.6. The number of rotatable bonds is 3. The van der Waals surface area contributed by atoms with Gasteiger partial charge in [0.15, 0.2) is 0 Å². The van der Waals surface area contributed by atoms with Crippen molar-refractivity contribution in [1.29, 1.82) is 0 Å². The Kier molecular flexibility index (Phi) is 3.60. The largest absolute Gasteiger partial charge is 0.482 e. The van der Waals surface area contributed by atoms with Gasteiger partial charge in [-0.15, -0.1) is 0 Å². The average molecular weight is 292 g/mol. The van der Waals surface area contributed by atoms with Crippen LogP contribution in [-0.2, 0) is 12.0 Å². The Balaban J connectivity index is 2.31. The van der Waals surface area contributed by atoms with Gasteiger partial charge in [0.05, 0.1) is 0 Å². The molecule has 1 nitrogen and oxygen atoms in total. The molecular formula is C21H24O. The van der Waals surface area contributed by atoms with E-state index in [4.69, 9.17) is 4.74 Å². The summed E-state index contributed by atoms with van der Waals surface area (Å²) in [5.74, 6) is 0.990. The SMILES string of the molecule is C=Cc1cc(CCC)cc2c1-c1cc(C)ccc1C(C)(C)O2.